The number of fused-ring (bicyclic) bond motifs is 6. The molecule has 5 aliphatic rings. The molecule has 1 amide bonds. The monoisotopic (exact) mass is 689 g/mol. The SMILES string of the molecule is CS(=O)(=O)C1=C2C=CC(=N2)C=c2ccc([nH]2)=CC2=NC(=CC3(c4cc(OC5CCN(C(=O)OC(CF)CF)CC5)ncn4)CC=C1N3)C=C2. The standard InChI is InChI=1S/C34H33F2N7O5S/c1-49(45,46)32-28-7-6-24(41-28)15-22-3-2-21(39-22)14-23-4-5-25(40-23)17-34(11-8-29(32)42-34)30-16-31(38-20-37-30)47-26-9-12-43(13-10-26)33(44)48-27(18-35)19-36/h2-8,14-17,20,26-27,39,42H,9-13,18-19H2,1H3. The van der Waals surface area contributed by atoms with Gasteiger partial charge in [-0.3, -0.25) is 0 Å². The van der Waals surface area contributed by atoms with Crippen LogP contribution in [0.5, 0.6) is 5.88 Å². The maximum Gasteiger partial charge on any atom is 0.410 e. The van der Waals surface area contributed by atoms with Crippen molar-refractivity contribution < 1.29 is 31.5 Å². The second-order valence-corrected chi connectivity index (χ2v) is 14.2. The third-order valence-electron chi connectivity index (χ3n) is 8.61. The van der Waals surface area contributed by atoms with Gasteiger partial charge in [0.15, 0.2) is 15.9 Å². The van der Waals surface area contributed by atoms with E-state index in [1.54, 1.807) is 18.2 Å². The van der Waals surface area contributed by atoms with Crippen molar-refractivity contribution in [2.24, 2.45) is 9.98 Å². The molecule has 5 aliphatic heterocycles. The van der Waals surface area contributed by atoms with Gasteiger partial charge in [0.2, 0.25) is 5.88 Å². The number of hydrogen-bond donors (Lipinski definition) is 2. The number of amides is 1. The van der Waals surface area contributed by atoms with Gasteiger partial charge in [-0.05, 0) is 54.7 Å². The maximum atomic E-state index is 13.3. The predicted octanol–water partition coefficient (Wildman–Crippen LogP) is 2.60. The fourth-order valence-electron chi connectivity index (χ4n) is 6.23. The Morgan fingerprint density at radius 1 is 1.04 bits per heavy atom. The van der Waals surface area contributed by atoms with Crippen molar-refractivity contribution in [1.29, 1.82) is 0 Å². The number of carbonyl (C=O) groups is 1. The highest BCUT2D eigenvalue weighted by Gasteiger charge is 2.40. The van der Waals surface area contributed by atoms with Crippen molar-refractivity contribution >= 4 is 39.5 Å². The summed E-state index contributed by atoms with van der Waals surface area (Å²) in [6, 6.07) is 5.56. The molecule has 7 heterocycles. The third kappa shape index (κ3) is 6.88. The molecule has 12 nitrogen and oxygen atoms in total. The number of aromatic nitrogens is 3. The molecule has 0 saturated carbocycles. The summed E-state index contributed by atoms with van der Waals surface area (Å²) in [7, 11) is -3.75. The van der Waals surface area contributed by atoms with Crippen LogP contribution in [-0.4, -0.2) is 90.7 Å². The number of carbonyl (C=O) groups excluding carboxylic acids is 1. The van der Waals surface area contributed by atoms with Crippen LogP contribution in [0.15, 0.2) is 93.0 Å². The van der Waals surface area contributed by atoms with Gasteiger partial charge in [-0.25, -0.2) is 41.9 Å². The molecule has 0 aromatic carbocycles. The zero-order chi connectivity index (χ0) is 34.2. The number of rotatable bonds is 7. The Balaban J connectivity index is 1.20. The van der Waals surface area contributed by atoms with E-state index in [9.17, 15) is 22.0 Å². The molecule has 1 atom stereocenters. The molecular formula is C34H33F2N7O5S. The van der Waals surface area contributed by atoms with E-state index in [1.807, 2.05) is 48.6 Å². The molecule has 7 rings (SSSR count). The molecular weight excluding hydrogens is 656 g/mol. The van der Waals surface area contributed by atoms with E-state index in [2.05, 4.69) is 25.3 Å². The molecule has 0 aliphatic carbocycles. The average Bonchev–Trinajstić information content (AvgIpc) is 3.90. The Kier molecular flexibility index (Phi) is 8.61. The molecule has 0 radical (unpaired) electrons. The second-order valence-electron chi connectivity index (χ2n) is 12.2. The highest BCUT2D eigenvalue weighted by atomic mass is 32.2. The van der Waals surface area contributed by atoms with Crippen LogP contribution in [0.3, 0.4) is 0 Å². The van der Waals surface area contributed by atoms with Gasteiger partial charge in [-0.15, -0.1) is 0 Å². The largest absolute Gasteiger partial charge is 0.474 e. The van der Waals surface area contributed by atoms with Crippen molar-refractivity contribution in [3.8, 4) is 5.88 Å². The van der Waals surface area contributed by atoms with Crippen LogP contribution in [0.4, 0.5) is 13.6 Å². The Morgan fingerprint density at radius 2 is 1.76 bits per heavy atom. The van der Waals surface area contributed by atoms with E-state index in [0.717, 1.165) is 22.7 Å². The molecule has 49 heavy (non-hydrogen) atoms. The van der Waals surface area contributed by atoms with Gasteiger partial charge in [0.05, 0.1) is 34.2 Å². The molecule has 2 aromatic rings. The van der Waals surface area contributed by atoms with Crippen molar-refractivity contribution in [3.63, 3.8) is 0 Å². The van der Waals surface area contributed by atoms with Crippen molar-refractivity contribution in [3.05, 3.63) is 99.4 Å². The lowest BCUT2D eigenvalue weighted by Gasteiger charge is -2.32. The Bertz CT molecular complexity index is 2140. The lowest BCUT2D eigenvalue weighted by Crippen LogP contribution is -2.43. The van der Waals surface area contributed by atoms with E-state index in [1.165, 1.54) is 11.2 Å². The number of halogens is 2. The number of aromatic amines is 1. The number of sulfone groups is 1. The number of ether oxygens (including phenoxy) is 2. The van der Waals surface area contributed by atoms with Crippen LogP contribution in [0, 0.1) is 0 Å². The lowest BCUT2D eigenvalue weighted by molar-refractivity contribution is 0.0245. The topological polar surface area (TPSA) is 151 Å². The molecule has 15 heteroatoms. The number of alkyl halides is 2. The Hall–Kier alpha value is -5.18. The summed E-state index contributed by atoms with van der Waals surface area (Å²) >= 11 is 0. The van der Waals surface area contributed by atoms with Crippen LogP contribution in [0.2, 0.25) is 0 Å². The van der Waals surface area contributed by atoms with E-state index < -0.39 is 40.9 Å². The molecule has 8 bridgehead atoms. The predicted molar refractivity (Wildman–Crippen MR) is 179 cm³/mol. The number of piperidine rings is 1. The number of nitrogens with zero attached hydrogens (tertiary/aromatic N) is 5. The van der Waals surface area contributed by atoms with Crippen LogP contribution in [-0.2, 0) is 20.1 Å². The molecule has 1 saturated heterocycles. The molecule has 1 fully saturated rings. The number of H-pyrrole nitrogens is 1. The van der Waals surface area contributed by atoms with Gasteiger partial charge in [-0.1, -0.05) is 6.08 Å². The summed E-state index contributed by atoms with van der Waals surface area (Å²) in [6.07, 6.45) is 16.1. The van der Waals surface area contributed by atoms with E-state index in [-0.39, 0.29) is 24.1 Å². The third-order valence-corrected chi connectivity index (χ3v) is 9.78. The van der Waals surface area contributed by atoms with Crippen molar-refractivity contribution in [2.45, 2.75) is 37.0 Å². The van der Waals surface area contributed by atoms with Gasteiger partial charge in [0.25, 0.3) is 0 Å². The first-order valence-corrected chi connectivity index (χ1v) is 17.6. The van der Waals surface area contributed by atoms with E-state index in [4.69, 9.17) is 14.5 Å². The number of likely N-dealkylation sites (tertiary alicyclic amines) is 1. The van der Waals surface area contributed by atoms with Gasteiger partial charge in [-0.2, -0.15) is 0 Å². The first-order valence-electron chi connectivity index (χ1n) is 15.8. The van der Waals surface area contributed by atoms with E-state index in [0.29, 0.717) is 53.6 Å². The van der Waals surface area contributed by atoms with Gasteiger partial charge in [0, 0.05) is 55.4 Å². The first kappa shape index (κ1) is 32.4. The summed E-state index contributed by atoms with van der Waals surface area (Å²) in [6.45, 7) is -1.61. The summed E-state index contributed by atoms with van der Waals surface area (Å²) in [5.74, 6) is 0.295. The number of allylic oxidation sites excluding steroid dienone is 4. The summed E-state index contributed by atoms with van der Waals surface area (Å²) < 4.78 is 63.3. The van der Waals surface area contributed by atoms with Crippen molar-refractivity contribution in [1.82, 2.24) is 25.2 Å². The molecule has 1 unspecified atom stereocenters. The van der Waals surface area contributed by atoms with Gasteiger partial charge < -0.3 is 24.7 Å². The quantitative estimate of drug-likeness (QED) is 0.451. The number of hydrogen-bond acceptors (Lipinski definition) is 10. The Morgan fingerprint density at radius 3 is 2.47 bits per heavy atom. The highest BCUT2D eigenvalue weighted by Crippen LogP contribution is 2.39. The van der Waals surface area contributed by atoms with Gasteiger partial charge in [0.1, 0.15) is 36.2 Å². The lowest BCUT2D eigenvalue weighted by atomic mass is 9.91. The molecule has 2 aromatic heterocycles. The highest BCUT2D eigenvalue weighted by molar-refractivity contribution is 7.94. The minimum Gasteiger partial charge on any atom is -0.474 e. The zero-order valence-electron chi connectivity index (χ0n) is 26.5. The molecule has 254 valence electrons. The minimum absolute atomic E-state index is 0.0614. The fraction of sp³-hybridized carbons (Fsp3) is 0.324. The molecule has 2 N–H and O–H groups in total. The van der Waals surface area contributed by atoms with E-state index >= 15 is 0 Å². The maximum absolute atomic E-state index is 13.3. The number of aliphatic imine (C=N–C) groups is 2. The Labute approximate surface area is 280 Å². The normalized spacial score (nSPS) is 21.8. The van der Waals surface area contributed by atoms with Gasteiger partial charge >= 0.3 is 6.09 Å². The first-order chi connectivity index (χ1) is 23.6. The number of nitrogens with one attached hydrogen (secondary N) is 2. The second kappa shape index (κ2) is 13.0. The zero-order valence-corrected chi connectivity index (χ0v) is 27.3. The fourth-order valence-corrected chi connectivity index (χ4v) is 7.25. The summed E-state index contributed by atoms with van der Waals surface area (Å²) in [5, 5.41) is 5.12. The summed E-state index contributed by atoms with van der Waals surface area (Å²) in [5.41, 5.74) is 2.18. The minimum atomic E-state index is -3.75. The molecule has 0 spiro atoms. The smallest absolute Gasteiger partial charge is 0.410 e. The average molecular weight is 690 g/mol. The summed E-state index contributed by atoms with van der Waals surface area (Å²) in [4.78, 5) is 35.5. The van der Waals surface area contributed by atoms with Crippen molar-refractivity contribution in [2.75, 3.05) is 32.7 Å². The van der Waals surface area contributed by atoms with Crippen LogP contribution >= 0.6 is 0 Å². The van der Waals surface area contributed by atoms with Crippen LogP contribution in [0.1, 0.15) is 25.0 Å². The van der Waals surface area contributed by atoms with Crippen LogP contribution < -0.4 is 20.8 Å². The van der Waals surface area contributed by atoms with Crippen LogP contribution in [0.25, 0.3) is 12.2 Å².